The molecule has 22 heavy (non-hydrogen) atoms. The molecule has 0 unspecified atom stereocenters. The van der Waals surface area contributed by atoms with Gasteiger partial charge >= 0.3 is 0 Å². The van der Waals surface area contributed by atoms with Crippen molar-refractivity contribution < 1.29 is 9.47 Å². The Morgan fingerprint density at radius 1 is 0.909 bits per heavy atom. The molecular formula is C16H14N4O2. The number of benzene rings is 1. The largest absolute Gasteiger partial charge is 0.497 e. The van der Waals surface area contributed by atoms with Crippen LogP contribution >= 0.6 is 0 Å². The lowest BCUT2D eigenvalue weighted by Crippen LogP contribution is -1.97. The predicted molar refractivity (Wildman–Crippen MR) is 82.7 cm³/mol. The monoisotopic (exact) mass is 294 g/mol. The third kappa shape index (κ3) is 2.95. The Morgan fingerprint density at radius 3 is 2.41 bits per heavy atom. The zero-order valence-corrected chi connectivity index (χ0v) is 11.9. The molecule has 0 aliphatic carbocycles. The van der Waals surface area contributed by atoms with Gasteiger partial charge in [-0.15, -0.1) is 0 Å². The third-order valence-corrected chi connectivity index (χ3v) is 3.00. The molecule has 0 amide bonds. The summed E-state index contributed by atoms with van der Waals surface area (Å²) in [5, 5.41) is 0. The van der Waals surface area contributed by atoms with Crippen LogP contribution in [0.3, 0.4) is 0 Å². The van der Waals surface area contributed by atoms with Crippen LogP contribution in [0.25, 0.3) is 11.3 Å². The van der Waals surface area contributed by atoms with E-state index < -0.39 is 0 Å². The van der Waals surface area contributed by atoms with E-state index in [1.54, 1.807) is 25.6 Å². The van der Waals surface area contributed by atoms with Gasteiger partial charge < -0.3 is 15.2 Å². The van der Waals surface area contributed by atoms with Crippen LogP contribution < -0.4 is 15.2 Å². The summed E-state index contributed by atoms with van der Waals surface area (Å²) in [7, 11) is 1.62. The fraction of sp³-hybridized carbons (Fsp3) is 0.0625. The van der Waals surface area contributed by atoms with E-state index in [9.17, 15) is 0 Å². The van der Waals surface area contributed by atoms with Crippen molar-refractivity contribution in [3.8, 4) is 28.6 Å². The van der Waals surface area contributed by atoms with Crippen molar-refractivity contribution in [1.29, 1.82) is 0 Å². The zero-order valence-electron chi connectivity index (χ0n) is 11.9. The molecule has 0 aliphatic heterocycles. The van der Waals surface area contributed by atoms with E-state index in [0.29, 0.717) is 17.3 Å². The molecule has 0 spiro atoms. The summed E-state index contributed by atoms with van der Waals surface area (Å²) in [6.07, 6.45) is 3.26. The second kappa shape index (κ2) is 6.09. The fourth-order valence-corrected chi connectivity index (χ4v) is 1.95. The Bertz CT molecular complexity index is 775. The van der Waals surface area contributed by atoms with Crippen LogP contribution in [0.15, 0.2) is 54.9 Å². The van der Waals surface area contributed by atoms with E-state index in [0.717, 1.165) is 11.3 Å². The number of ether oxygens (including phenoxy) is 2. The summed E-state index contributed by atoms with van der Waals surface area (Å²) in [6.45, 7) is 0. The second-order valence-electron chi connectivity index (χ2n) is 4.43. The quantitative estimate of drug-likeness (QED) is 0.796. The summed E-state index contributed by atoms with van der Waals surface area (Å²) in [5.74, 6) is 2.07. The van der Waals surface area contributed by atoms with Crippen molar-refractivity contribution in [2.24, 2.45) is 0 Å². The molecular weight excluding hydrogens is 280 g/mol. The van der Waals surface area contributed by atoms with E-state index in [1.165, 1.54) is 0 Å². The number of nitrogen functional groups attached to an aromatic ring is 1. The number of nitrogens with zero attached hydrogens (tertiary/aromatic N) is 3. The molecule has 0 saturated carbocycles. The highest BCUT2D eigenvalue weighted by Crippen LogP contribution is 2.30. The van der Waals surface area contributed by atoms with Crippen molar-refractivity contribution in [3.63, 3.8) is 0 Å². The summed E-state index contributed by atoms with van der Waals surface area (Å²) < 4.78 is 11.0. The molecule has 0 radical (unpaired) electrons. The van der Waals surface area contributed by atoms with E-state index in [-0.39, 0.29) is 5.95 Å². The van der Waals surface area contributed by atoms with Gasteiger partial charge in [0.05, 0.1) is 18.4 Å². The summed E-state index contributed by atoms with van der Waals surface area (Å²) in [6, 6.07) is 12.7. The first-order valence-electron chi connectivity index (χ1n) is 6.62. The fourth-order valence-electron chi connectivity index (χ4n) is 1.95. The molecule has 3 rings (SSSR count). The molecule has 110 valence electrons. The minimum absolute atomic E-state index is 0.205. The Balaban J connectivity index is 1.94. The van der Waals surface area contributed by atoms with Crippen LogP contribution in [0.2, 0.25) is 0 Å². The Hall–Kier alpha value is -3.15. The van der Waals surface area contributed by atoms with Crippen LogP contribution in [-0.4, -0.2) is 22.1 Å². The number of methoxy groups -OCH3 is 1. The number of anilines is 1. The normalized spacial score (nSPS) is 10.2. The van der Waals surface area contributed by atoms with E-state index in [4.69, 9.17) is 15.2 Å². The zero-order chi connectivity index (χ0) is 15.4. The number of hydrogen-bond donors (Lipinski definition) is 1. The average Bonchev–Trinajstić information content (AvgIpc) is 2.56. The lowest BCUT2D eigenvalue weighted by Gasteiger charge is -2.10. The van der Waals surface area contributed by atoms with Gasteiger partial charge in [-0.05, 0) is 42.5 Å². The number of rotatable bonds is 4. The molecule has 0 saturated heterocycles. The first-order valence-corrected chi connectivity index (χ1v) is 6.62. The Morgan fingerprint density at radius 2 is 1.68 bits per heavy atom. The first-order chi connectivity index (χ1) is 10.8. The average molecular weight is 294 g/mol. The molecule has 3 aromatic rings. The third-order valence-electron chi connectivity index (χ3n) is 3.00. The van der Waals surface area contributed by atoms with Crippen LogP contribution in [0, 0.1) is 0 Å². The smallest absolute Gasteiger partial charge is 0.228 e. The first kappa shape index (κ1) is 13.8. The summed E-state index contributed by atoms with van der Waals surface area (Å²) in [4.78, 5) is 12.4. The van der Waals surface area contributed by atoms with Crippen LogP contribution in [0.4, 0.5) is 5.95 Å². The SMILES string of the molecule is COc1ccc(Oc2ncccc2-c2ccnc(N)n2)cc1. The lowest BCUT2D eigenvalue weighted by molar-refractivity contribution is 0.412. The van der Waals surface area contributed by atoms with Crippen LogP contribution in [0.5, 0.6) is 17.4 Å². The molecule has 0 bridgehead atoms. The highest BCUT2D eigenvalue weighted by atomic mass is 16.5. The number of hydrogen-bond acceptors (Lipinski definition) is 6. The predicted octanol–water partition coefficient (Wildman–Crippen LogP) is 2.92. The van der Waals surface area contributed by atoms with Crippen molar-refractivity contribution in [2.75, 3.05) is 12.8 Å². The minimum atomic E-state index is 0.205. The summed E-state index contributed by atoms with van der Waals surface area (Å²) in [5.41, 5.74) is 7.03. The van der Waals surface area contributed by atoms with Gasteiger partial charge in [0.1, 0.15) is 11.5 Å². The standard InChI is InChI=1S/C16H14N4O2/c1-21-11-4-6-12(7-5-11)22-15-13(3-2-9-18-15)14-8-10-19-16(17)20-14/h2-10H,1H3,(H2,17,19,20). The van der Waals surface area contributed by atoms with E-state index in [1.807, 2.05) is 36.4 Å². The van der Waals surface area contributed by atoms with Gasteiger partial charge in [0.15, 0.2) is 0 Å². The van der Waals surface area contributed by atoms with E-state index >= 15 is 0 Å². The van der Waals surface area contributed by atoms with Gasteiger partial charge in [0.2, 0.25) is 11.8 Å². The van der Waals surface area contributed by atoms with Crippen molar-refractivity contribution in [3.05, 3.63) is 54.9 Å². The number of nitrogens with two attached hydrogens (primary N) is 1. The van der Waals surface area contributed by atoms with Crippen LogP contribution in [-0.2, 0) is 0 Å². The molecule has 0 fully saturated rings. The molecule has 2 N–H and O–H groups in total. The number of aromatic nitrogens is 3. The highest BCUT2D eigenvalue weighted by molar-refractivity contribution is 5.65. The maximum absolute atomic E-state index is 5.84. The Kier molecular flexibility index (Phi) is 3.82. The summed E-state index contributed by atoms with van der Waals surface area (Å²) >= 11 is 0. The number of pyridine rings is 1. The molecule has 6 nitrogen and oxygen atoms in total. The molecule has 0 atom stereocenters. The second-order valence-corrected chi connectivity index (χ2v) is 4.43. The maximum Gasteiger partial charge on any atom is 0.228 e. The van der Waals surface area contributed by atoms with Gasteiger partial charge in [0.25, 0.3) is 0 Å². The lowest BCUT2D eigenvalue weighted by atomic mass is 10.2. The maximum atomic E-state index is 5.84. The van der Waals surface area contributed by atoms with Gasteiger partial charge in [-0.25, -0.2) is 15.0 Å². The van der Waals surface area contributed by atoms with Gasteiger partial charge in [0, 0.05) is 12.4 Å². The molecule has 6 heteroatoms. The van der Waals surface area contributed by atoms with Gasteiger partial charge in [-0.2, -0.15) is 0 Å². The highest BCUT2D eigenvalue weighted by Gasteiger charge is 2.10. The minimum Gasteiger partial charge on any atom is -0.497 e. The van der Waals surface area contributed by atoms with Crippen LogP contribution in [0.1, 0.15) is 0 Å². The Labute approximate surface area is 127 Å². The van der Waals surface area contributed by atoms with Crippen molar-refractivity contribution in [2.45, 2.75) is 0 Å². The molecule has 1 aromatic carbocycles. The van der Waals surface area contributed by atoms with Crippen molar-refractivity contribution >= 4 is 5.95 Å². The van der Waals surface area contributed by atoms with Gasteiger partial charge in [-0.3, -0.25) is 0 Å². The van der Waals surface area contributed by atoms with Crippen molar-refractivity contribution in [1.82, 2.24) is 15.0 Å². The molecule has 2 aromatic heterocycles. The molecule has 0 aliphatic rings. The molecule has 2 heterocycles. The van der Waals surface area contributed by atoms with E-state index in [2.05, 4.69) is 15.0 Å². The topological polar surface area (TPSA) is 83.2 Å². The van der Waals surface area contributed by atoms with Gasteiger partial charge in [-0.1, -0.05) is 0 Å².